The number of aliphatic carboxylic acids is 1. The molecule has 0 aliphatic heterocycles. The summed E-state index contributed by atoms with van der Waals surface area (Å²) >= 11 is 0. The van der Waals surface area contributed by atoms with Gasteiger partial charge in [0.05, 0.1) is 0 Å². The zero-order chi connectivity index (χ0) is 13.5. The van der Waals surface area contributed by atoms with Crippen molar-refractivity contribution in [2.45, 2.75) is 51.1 Å². The van der Waals surface area contributed by atoms with E-state index < -0.39 is 23.9 Å². The van der Waals surface area contributed by atoms with Crippen LogP contribution in [0.15, 0.2) is 0 Å². The average Bonchev–Trinajstić information content (AvgIpc) is 2.28. The molecule has 104 valence electrons. The van der Waals surface area contributed by atoms with E-state index in [-0.39, 0.29) is 11.8 Å². The molecule has 5 heteroatoms. The highest BCUT2D eigenvalue weighted by Gasteiger charge is 2.54. The second-order valence-corrected chi connectivity index (χ2v) is 5.96. The molecule has 2 fully saturated rings. The van der Waals surface area contributed by atoms with Crippen molar-refractivity contribution in [1.82, 2.24) is 0 Å². The fourth-order valence-electron chi connectivity index (χ4n) is 3.98. The van der Waals surface area contributed by atoms with Gasteiger partial charge in [0.1, 0.15) is 6.10 Å². The molecule has 0 spiro atoms. The molecule has 0 radical (unpaired) electrons. The van der Waals surface area contributed by atoms with Gasteiger partial charge in [-0.1, -0.05) is 26.2 Å². The summed E-state index contributed by atoms with van der Waals surface area (Å²) in [5.74, 6) is -6.26. The van der Waals surface area contributed by atoms with Crippen molar-refractivity contribution in [3.63, 3.8) is 0 Å². The lowest BCUT2D eigenvalue weighted by atomic mass is 9.60. The minimum atomic E-state index is -4.04. The molecule has 0 amide bonds. The zero-order valence-corrected chi connectivity index (χ0v) is 10.5. The van der Waals surface area contributed by atoms with Crippen molar-refractivity contribution in [1.29, 1.82) is 0 Å². The fourth-order valence-corrected chi connectivity index (χ4v) is 3.98. The van der Waals surface area contributed by atoms with Crippen LogP contribution < -0.4 is 0 Å². The third-order valence-corrected chi connectivity index (χ3v) is 4.75. The van der Waals surface area contributed by atoms with E-state index in [0.717, 1.165) is 32.1 Å². The number of carboxylic acid groups (broad SMARTS) is 1. The Bertz CT molecular complexity index is 330. The summed E-state index contributed by atoms with van der Waals surface area (Å²) in [6.45, 7) is 1.86. The van der Waals surface area contributed by atoms with Crippen LogP contribution in [0, 0.1) is 23.7 Å². The molecular formula is C13H20F2O3. The number of aliphatic hydroxyl groups is 1. The number of fused-ring (bicyclic) bond motifs is 2. The van der Waals surface area contributed by atoms with Gasteiger partial charge in [-0.2, -0.15) is 8.78 Å². The minimum Gasteiger partial charge on any atom is -0.477 e. The van der Waals surface area contributed by atoms with Gasteiger partial charge in [-0.25, -0.2) is 4.79 Å². The number of halogens is 2. The van der Waals surface area contributed by atoms with Gasteiger partial charge < -0.3 is 10.2 Å². The summed E-state index contributed by atoms with van der Waals surface area (Å²) in [5, 5.41) is 18.4. The van der Waals surface area contributed by atoms with Crippen LogP contribution in [0.1, 0.15) is 39.0 Å². The van der Waals surface area contributed by atoms with Crippen LogP contribution in [0.5, 0.6) is 0 Å². The van der Waals surface area contributed by atoms with Crippen LogP contribution in [0.4, 0.5) is 8.78 Å². The van der Waals surface area contributed by atoms with E-state index in [4.69, 9.17) is 5.11 Å². The maximum atomic E-state index is 13.5. The van der Waals surface area contributed by atoms with Crippen molar-refractivity contribution in [2.75, 3.05) is 0 Å². The molecule has 2 bridgehead atoms. The summed E-state index contributed by atoms with van der Waals surface area (Å²) < 4.78 is 26.9. The minimum absolute atomic E-state index is 0.0331. The van der Waals surface area contributed by atoms with Crippen LogP contribution in [0.2, 0.25) is 0 Å². The van der Waals surface area contributed by atoms with Crippen LogP contribution >= 0.6 is 0 Å². The number of carboxylic acids is 1. The quantitative estimate of drug-likeness (QED) is 0.821. The molecule has 5 unspecified atom stereocenters. The van der Waals surface area contributed by atoms with Gasteiger partial charge in [0, 0.05) is 0 Å². The third-order valence-electron chi connectivity index (χ3n) is 4.75. The monoisotopic (exact) mass is 262 g/mol. The van der Waals surface area contributed by atoms with Crippen molar-refractivity contribution in [3.8, 4) is 0 Å². The number of alkyl halides is 2. The van der Waals surface area contributed by atoms with Gasteiger partial charge in [-0.3, -0.25) is 0 Å². The molecule has 2 N–H and O–H groups in total. The Morgan fingerprint density at radius 1 is 1.33 bits per heavy atom. The smallest absolute Gasteiger partial charge is 0.377 e. The van der Waals surface area contributed by atoms with E-state index in [9.17, 15) is 18.7 Å². The Morgan fingerprint density at radius 2 is 2.00 bits per heavy atom. The van der Waals surface area contributed by atoms with E-state index in [0.29, 0.717) is 5.92 Å². The lowest BCUT2D eigenvalue weighted by molar-refractivity contribution is -0.197. The Balaban J connectivity index is 2.18. The van der Waals surface area contributed by atoms with E-state index >= 15 is 0 Å². The van der Waals surface area contributed by atoms with Gasteiger partial charge in [0.15, 0.2) is 0 Å². The second kappa shape index (κ2) is 4.76. The number of hydrogen-bond donors (Lipinski definition) is 2. The third kappa shape index (κ3) is 2.25. The maximum absolute atomic E-state index is 13.5. The molecule has 2 aliphatic carbocycles. The Morgan fingerprint density at radius 3 is 2.61 bits per heavy atom. The summed E-state index contributed by atoms with van der Waals surface area (Å²) in [7, 11) is 0. The summed E-state index contributed by atoms with van der Waals surface area (Å²) in [6, 6.07) is 0. The first-order chi connectivity index (χ1) is 8.34. The van der Waals surface area contributed by atoms with Crippen molar-refractivity contribution >= 4 is 5.97 Å². The lowest BCUT2D eigenvalue weighted by Gasteiger charge is -2.46. The summed E-state index contributed by atoms with van der Waals surface area (Å²) in [4.78, 5) is 10.6. The summed E-state index contributed by atoms with van der Waals surface area (Å²) in [5.41, 5.74) is 0. The zero-order valence-electron chi connectivity index (χ0n) is 10.5. The Hall–Kier alpha value is -0.710. The Labute approximate surface area is 105 Å². The first-order valence-corrected chi connectivity index (χ1v) is 6.63. The normalized spacial score (nSPS) is 38.2. The lowest BCUT2D eigenvalue weighted by Crippen LogP contribution is -2.52. The number of hydrogen-bond acceptors (Lipinski definition) is 2. The van der Waals surface area contributed by atoms with Crippen LogP contribution in [0.3, 0.4) is 0 Å². The van der Waals surface area contributed by atoms with Crippen molar-refractivity contribution in [3.05, 3.63) is 0 Å². The highest BCUT2D eigenvalue weighted by Crippen LogP contribution is 2.49. The Kier molecular flexibility index (Phi) is 3.63. The molecule has 0 saturated heterocycles. The number of aliphatic hydroxyl groups excluding tert-OH is 1. The largest absolute Gasteiger partial charge is 0.477 e. The highest BCUT2D eigenvalue weighted by molar-refractivity contribution is 5.76. The molecule has 5 atom stereocenters. The molecule has 2 saturated carbocycles. The fraction of sp³-hybridized carbons (Fsp3) is 0.923. The van der Waals surface area contributed by atoms with Gasteiger partial charge in [0.25, 0.3) is 0 Å². The molecule has 0 aromatic rings. The number of carbonyl (C=O) groups is 1. The second-order valence-electron chi connectivity index (χ2n) is 5.96. The predicted molar refractivity (Wildman–Crippen MR) is 61.3 cm³/mol. The average molecular weight is 262 g/mol. The maximum Gasteiger partial charge on any atom is 0.377 e. The number of rotatable bonds is 3. The molecule has 0 heterocycles. The molecule has 2 aliphatic rings. The molecule has 3 nitrogen and oxygen atoms in total. The first kappa shape index (κ1) is 13.7. The molecule has 0 aromatic heterocycles. The van der Waals surface area contributed by atoms with Crippen molar-refractivity contribution in [2.24, 2.45) is 23.7 Å². The van der Waals surface area contributed by atoms with Gasteiger partial charge in [-0.05, 0) is 36.5 Å². The van der Waals surface area contributed by atoms with Crippen LogP contribution in [0.25, 0.3) is 0 Å². The van der Waals surface area contributed by atoms with E-state index in [1.807, 2.05) is 6.92 Å². The molecule has 2 rings (SSSR count). The van der Waals surface area contributed by atoms with E-state index in [2.05, 4.69) is 0 Å². The van der Waals surface area contributed by atoms with Crippen molar-refractivity contribution < 1.29 is 23.8 Å². The van der Waals surface area contributed by atoms with Crippen LogP contribution in [-0.4, -0.2) is 28.2 Å². The molecule has 0 aromatic carbocycles. The predicted octanol–water partition coefficient (Wildman–Crippen LogP) is 2.53. The topological polar surface area (TPSA) is 57.5 Å². The first-order valence-electron chi connectivity index (χ1n) is 6.63. The standard InChI is InChI=1S/C13H20F2O3/c1-7-5-8-3-2-4-9(6-8)10(7)11(16)13(14,15)12(17)18/h7-11,16H,2-6H2,1H3,(H,17,18). The van der Waals surface area contributed by atoms with Gasteiger partial charge in [0.2, 0.25) is 0 Å². The molecular weight excluding hydrogens is 242 g/mol. The SMILES string of the molecule is CC1CC2CCCC(C2)C1C(O)C(F)(F)C(=O)O. The molecule has 18 heavy (non-hydrogen) atoms. The van der Waals surface area contributed by atoms with E-state index in [1.54, 1.807) is 0 Å². The van der Waals surface area contributed by atoms with E-state index in [1.165, 1.54) is 0 Å². The van der Waals surface area contributed by atoms with Gasteiger partial charge in [-0.15, -0.1) is 0 Å². The van der Waals surface area contributed by atoms with Crippen LogP contribution in [-0.2, 0) is 4.79 Å². The van der Waals surface area contributed by atoms with Gasteiger partial charge >= 0.3 is 11.9 Å². The highest BCUT2D eigenvalue weighted by atomic mass is 19.3. The summed E-state index contributed by atoms with van der Waals surface area (Å²) in [6.07, 6.45) is 2.60.